The van der Waals surface area contributed by atoms with Crippen molar-refractivity contribution in [1.82, 2.24) is 4.90 Å². The van der Waals surface area contributed by atoms with Gasteiger partial charge in [-0.1, -0.05) is 0 Å². The van der Waals surface area contributed by atoms with Crippen molar-refractivity contribution in [2.75, 3.05) is 26.7 Å². The van der Waals surface area contributed by atoms with Gasteiger partial charge in [0.1, 0.15) is 0 Å². The maximum atomic E-state index is 11.9. The first-order valence-electron chi connectivity index (χ1n) is 5.59. The second-order valence-electron chi connectivity index (χ2n) is 4.63. The molecule has 0 unspecified atom stereocenters. The summed E-state index contributed by atoms with van der Waals surface area (Å²) in [6.07, 6.45) is 2.10. The van der Waals surface area contributed by atoms with Crippen molar-refractivity contribution >= 4 is 5.91 Å². The van der Waals surface area contributed by atoms with Crippen molar-refractivity contribution in [3.63, 3.8) is 0 Å². The molecule has 1 amide bonds. The maximum absolute atomic E-state index is 11.9. The average Bonchev–Trinajstić information content (AvgIpc) is 2.96. The molecule has 4 nitrogen and oxygen atoms in total. The molecule has 4 heteroatoms. The number of nitrogens with two attached hydrogens (primary N) is 1. The number of carbonyl (C=O) groups is 1. The van der Waals surface area contributed by atoms with Crippen molar-refractivity contribution in [3.05, 3.63) is 0 Å². The quantitative estimate of drug-likeness (QED) is 0.704. The van der Waals surface area contributed by atoms with Crippen LogP contribution in [0.3, 0.4) is 0 Å². The Labute approximate surface area is 91.8 Å². The normalized spacial score (nSPS) is 17.9. The number of ether oxygens (including phenoxy) is 1. The Morgan fingerprint density at radius 2 is 2.13 bits per heavy atom. The summed E-state index contributed by atoms with van der Waals surface area (Å²) in [5.74, 6) is 0.178. The summed E-state index contributed by atoms with van der Waals surface area (Å²) in [5, 5.41) is 0. The standard InChI is InChI=1S/C11H22N2O2/c1-9(2)15-7-6-13(3)10(14)11(8-12)4-5-11/h9H,4-8,12H2,1-3H3. The van der Waals surface area contributed by atoms with E-state index in [9.17, 15) is 4.79 Å². The summed E-state index contributed by atoms with van der Waals surface area (Å²) >= 11 is 0. The number of rotatable bonds is 6. The number of nitrogens with zero attached hydrogens (tertiary/aromatic N) is 1. The number of hydrogen-bond donors (Lipinski definition) is 1. The number of hydrogen-bond acceptors (Lipinski definition) is 3. The summed E-state index contributed by atoms with van der Waals surface area (Å²) in [7, 11) is 1.82. The molecule has 0 atom stereocenters. The van der Waals surface area contributed by atoms with Gasteiger partial charge in [-0.3, -0.25) is 4.79 Å². The van der Waals surface area contributed by atoms with Crippen LogP contribution in [0.4, 0.5) is 0 Å². The van der Waals surface area contributed by atoms with Crippen molar-refractivity contribution in [2.45, 2.75) is 32.8 Å². The molecule has 0 radical (unpaired) electrons. The van der Waals surface area contributed by atoms with Gasteiger partial charge < -0.3 is 15.4 Å². The summed E-state index contributed by atoms with van der Waals surface area (Å²) in [4.78, 5) is 13.7. The van der Waals surface area contributed by atoms with Gasteiger partial charge in [0.25, 0.3) is 0 Å². The predicted molar refractivity (Wildman–Crippen MR) is 59.4 cm³/mol. The van der Waals surface area contributed by atoms with Gasteiger partial charge in [-0.25, -0.2) is 0 Å². The van der Waals surface area contributed by atoms with Crippen molar-refractivity contribution in [2.24, 2.45) is 11.1 Å². The van der Waals surface area contributed by atoms with Crippen LogP contribution in [0.25, 0.3) is 0 Å². The Bertz CT molecular complexity index is 225. The third kappa shape index (κ3) is 3.18. The average molecular weight is 214 g/mol. The third-order valence-corrected chi connectivity index (χ3v) is 2.92. The van der Waals surface area contributed by atoms with E-state index in [1.807, 2.05) is 20.9 Å². The molecule has 15 heavy (non-hydrogen) atoms. The Kier molecular flexibility index (Phi) is 4.11. The van der Waals surface area contributed by atoms with E-state index in [4.69, 9.17) is 10.5 Å². The van der Waals surface area contributed by atoms with Gasteiger partial charge in [0, 0.05) is 20.1 Å². The van der Waals surface area contributed by atoms with Crippen LogP contribution < -0.4 is 5.73 Å². The Morgan fingerprint density at radius 1 is 1.53 bits per heavy atom. The van der Waals surface area contributed by atoms with E-state index in [0.29, 0.717) is 19.7 Å². The van der Waals surface area contributed by atoms with E-state index in [0.717, 1.165) is 12.8 Å². The maximum Gasteiger partial charge on any atom is 0.229 e. The molecular formula is C11H22N2O2. The second kappa shape index (κ2) is 4.94. The topological polar surface area (TPSA) is 55.6 Å². The summed E-state index contributed by atoms with van der Waals surface area (Å²) in [6, 6.07) is 0. The molecule has 0 aromatic carbocycles. The van der Waals surface area contributed by atoms with Crippen molar-refractivity contribution in [1.29, 1.82) is 0 Å². The molecule has 0 spiro atoms. The first-order chi connectivity index (χ1) is 7.02. The molecule has 0 heterocycles. The lowest BCUT2D eigenvalue weighted by Gasteiger charge is -2.22. The summed E-state index contributed by atoms with van der Waals surface area (Å²) < 4.78 is 5.40. The Balaban J connectivity index is 2.28. The van der Waals surface area contributed by atoms with Crippen LogP contribution in [0.2, 0.25) is 0 Å². The molecule has 0 aliphatic heterocycles. The van der Waals surface area contributed by atoms with Gasteiger partial charge >= 0.3 is 0 Å². The van der Waals surface area contributed by atoms with Crippen molar-refractivity contribution < 1.29 is 9.53 Å². The molecule has 1 saturated carbocycles. The van der Waals surface area contributed by atoms with Gasteiger partial charge in [0.05, 0.1) is 18.1 Å². The molecule has 2 N–H and O–H groups in total. The predicted octanol–water partition coefficient (Wildman–Crippen LogP) is 0.609. The molecule has 1 aliphatic rings. The molecule has 0 bridgehead atoms. The highest BCUT2D eigenvalue weighted by Crippen LogP contribution is 2.45. The minimum Gasteiger partial charge on any atom is -0.377 e. The smallest absolute Gasteiger partial charge is 0.229 e. The minimum absolute atomic E-state index is 0.178. The van der Waals surface area contributed by atoms with E-state index in [1.54, 1.807) is 4.90 Å². The molecular weight excluding hydrogens is 192 g/mol. The van der Waals surface area contributed by atoms with Crippen LogP contribution in [0.15, 0.2) is 0 Å². The zero-order chi connectivity index (χ0) is 11.5. The lowest BCUT2D eigenvalue weighted by atomic mass is 10.1. The highest BCUT2D eigenvalue weighted by molar-refractivity contribution is 5.85. The highest BCUT2D eigenvalue weighted by Gasteiger charge is 2.49. The van der Waals surface area contributed by atoms with Gasteiger partial charge in [-0.15, -0.1) is 0 Å². The fourth-order valence-electron chi connectivity index (χ4n) is 1.59. The molecule has 1 fully saturated rings. The van der Waals surface area contributed by atoms with Crippen molar-refractivity contribution in [3.8, 4) is 0 Å². The largest absolute Gasteiger partial charge is 0.377 e. The monoisotopic (exact) mass is 214 g/mol. The lowest BCUT2D eigenvalue weighted by molar-refractivity contribution is -0.136. The highest BCUT2D eigenvalue weighted by atomic mass is 16.5. The Hall–Kier alpha value is -0.610. The SMILES string of the molecule is CC(C)OCCN(C)C(=O)C1(CN)CC1. The number of likely N-dealkylation sites (N-methyl/N-ethyl adjacent to an activating group) is 1. The van der Waals surface area contributed by atoms with Crippen LogP contribution in [0.5, 0.6) is 0 Å². The fraction of sp³-hybridized carbons (Fsp3) is 0.909. The fourth-order valence-corrected chi connectivity index (χ4v) is 1.59. The summed E-state index contributed by atoms with van der Waals surface area (Å²) in [5.41, 5.74) is 5.38. The molecule has 88 valence electrons. The van der Waals surface area contributed by atoms with Gasteiger partial charge in [0.15, 0.2) is 0 Å². The molecule has 1 aliphatic carbocycles. The summed E-state index contributed by atoms with van der Waals surface area (Å²) in [6.45, 7) is 5.70. The van der Waals surface area contributed by atoms with Gasteiger partial charge in [0.2, 0.25) is 5.91 Å². The van der Waals surface area contributed by atoms with Crippen LogP contribution in [-0.4, -0.2) is 43.7 Å². The number of carbonyl (C=O) groups excluding carboxylic acids is 1. The van der Waals surface area contributed by atoms with Gasteiger partial charge in [-0.2, -0.15) is 0 Å². The third-order valence-electron chi connectivity index (χ3n) is 2.92. The van der Waals surface area contributed by atoms with E-state index >= 15 is 0 Å². The van der Waals surface area contributed by atoms with E-state index in [1.165, 1.54) is 0 Å². The molecule has 0 saturated heterocycles. The molecule has 0 aromatic rings. The second-order valence-corrected chi connectivity index (χ2v) is 4.63. The Morgan fingerprint density at radius 3 is 2.53 bits per heavy atom. The minimum atomic E-state index is -0.230. The lowest BCUT2D eigenvalue weighted by Crippen LogP contribution is -2.39. The first-order valence-corrected chi connectivity index (χ1v) is 5.59. The van der Waals surface area contributed by atoms with Crippen LogP contribution in [-0.2, 0) is 9.53 Å². The van der Waals surface area contributed by atoms with Crippen LogP contribution >= 0.6 is 0 Å². The molecule has 0 aromatic heterocycles. The first kappa shape index (κ1) is 12.5. The zero-order valence-electron chi connectivity index (χ0n) is 9.95. The van der Waals surface area contributed by atoms with E-state index in [-0.39, 0.29) is 17.4 Å². The zero-order valence-corrected chi connectivity index (χ0v) is 9.95. The number of amides is 1. The van der Waals surface area contributed by atoms with Gasteiger partial charge in [-0.05, 0) is 26.7 Å². The van der Waals surface area contributed by atoms with E-state index in [2.05, 4.69) is 0 Å². The van der Waals surface area contributed by atoms with Crippen LogP contribution in [0.1, 0.15) is 26.7 Å². The molecule has 1 rings (SSSR count). The van der Waals surface area contributed by atoms with Crippen LogP contribution in [0, 0.1) is 5.41 Å². The van der Waals surface area contributed by atoms with E-state index < -0.39 is 0 Å².